The molecule has 0 spiro atoms. The number of halogens is 2. The summed E-state index contributed by atoms with van der Waals surface area (Å²) in [4.78, 5) is 10.3. The van der Waals surface area contributed by atoms with Crippen molar-refractivity contribution in [3.8, 4) is 0 Å². The van der Waals surface area contributed by atoms with Crippen LogP contribution in [0.5, 0.6) is 0 Å². The molecule has 58 valence electrons. The van der Waals surface area contributed by atoms with Crippen LogP contribution in [0, 0.1) is 16.3 Å². The minimum atomic E-state index is -0.320. The smallest absolute Gasteiger partial charge is 0.150 e. The minimum Gasteiger partial charge on any atom is -0.298 e. The first-order chi connectivity index (χ1) is 5.15. The van der Waals surface area contributed by atoms with Crippen LogP contribution in [-0.2, 0) is 0 Å². The fourth-order valence-corrected chi connectivity index (χ4v) is 1.35. The number of carbonyl (C=O) groups is 1. The Balaban J connectivity index is 3.31. The fourth-order valence-electron chi connectivity index (χ4n) is 0.733. The van der Waals surface area contributed by atoms with E-state index in [1.165, 1.54) is 6.07 Å². The SMILES string of the molecule is Cc1c(F)cc(C=O)cc1I. The lowest BCUT2D eigenvalue weighted by atomic mass is 10.1. The summed E-state index contributed by atoms with van der Waals surface area (Å²) in [6.45, 7) is 1.69. The Hall–Kier alpha value is -0.450. The third kappa shape index (κ3) is 1.77. The Labute approximate surface area is 77.8 Å². The van der Waals surface area contributed by atoms with E-state index >= 15 is 0 Å². The summed E-state index contributed by atoms with van der Waals surface area (Å²) in [7, 11) is 0. The molecular weight excluding hydrogens is 258 g/mol. The van der Waals surface area contributed by atoms with E-state index < -0.39 is 0 Å². The molecule has 0 aliphatic heterocycles. The summed E-state index contributed by atoms with van der Waals surface area (Å²) < 4.78 is 13.6. The van der Waals surface area contributed by atoms with E-state index in [1.807, 2.05) is 22.6 Å². The maximum atomic E-state index is 12.9. The van der Waals surface area contributed by atoms with E-state index in [4.69, 9.17) is 0 Å². The lowest BCUT2D eigenvalue weighted by Crippen LogP contribution is -1.90. The first-order valence-corrected chi connectivity index (χ1v) is 4.14. The van der Waals surface area contributed by atoms with E-state index in [9.17, 15) is 9.18 Å². The molecule has 0 aliphatic rings. The zero-order chi connectivity index (χ0) is 8.43. The fraction of sp³-hybridized carbons (Fsp3) is 0.125. The van der Waals surface area contributed by atoms with Crippen LogP contribution in [0.4, 0.5) is 4.39 Å². The molecule has 0 heterocycles. The van der Waals surface area contributed by atoms with Gasteiger partial charge in [0, 0.05) is 9.13 Å². The second-order valence-corrected chi connectivity index (χ2v) is 3.39. The van der Waals surface area contributed by atoms with Gasteiger partial charge < -0.3 is 0 Å². The molecule has 11 heavy (non-hydrogen) atoms. The highest BCUT2D eigenvalue weighted by Crippen LogP contribution is 2.16. The molecule has 1 aromatic rings. The van der Waals surface area contributed by atoms with Gasteiger partial charge in [-0.1, -0.05) is 0 Å². The van der Waals surface area contributed by atoms with Crippen molar-refractivity contribution in [3.05, 3.63) is 32.6 Å². The maximum Gasteiger partial charge on any atom is 0.150 e. The third-order valence-electron chi connectivity index (χ3n) is 1.44. The number of hydrogen-bond acceptors (Lipinski definition) is 1. The Bertz CT molecular complexity index is 273. The summed E-state index contributed by atoms with van der Waals surface area (Å²) >= 11 is 2.00. The minimum absolute atomic E-state index is 0.320. The molecule has 0 saturated carbocycles. The highest BCUT2D eigenvalue weighted by molar-refractivity contribution is 14.1. The zero-order valence-corrected chi connectivity index (χ0v) is 8.05. The molecule has 0 fully saturated rings. The van der Waals surface area contributed by atoms with Crippen molar-refractivity contribution in [2.45, 2.75) is 6.92 Å². The summed E-state index contributed by atoms with van der Waals surface area (Å²) in [5.41, 5.74) is 0.980. The van der Waals surface area contributed by atoms with Crippen molar-refractivity contribution in [2.75, 3.05) is 0 Å². The monoisotopic (exact) mass is 264 g/mol. The highest BCUT2D eigenvalue weighted by Gasteiger charge is 2.03. The average molecular weight is 264 g/mol. The quantitative estimate of drug-likeness (QED) is 0.562. The molecule has 0 bridgehead atoms. The molecular formula is C8H6FIO. The number of hydrogen-bond donors (Lipinski definition) is 0. The molecule has 0 atom stereocenters. The molecule has 0 aliphatic carbocycles. The highest BCUT2D eigenvalue weighted by atomic mass is 127. The van der Waals surface area contributed by atoms with Crippen molar-refractivity contribution in [2.24, 2.45) is 0 Å². The molecule has 0 saturated heterocycles. The number of benzene rings is 1. The Morgan fingerprint density at radius 2 is 2.18 bits per heavy atom. The summed E-state index contributed by atoms with van der Waals surface area (Å²) in [6, 6.07) is 2.90. The van der Waals surface area contributed by atoms with Gasteiger partial charge in [0.05, 0.1) is 0 Å². The van der Waals surface area contributed by atoms with Gasteiger partial charge in [0.15, 0.2) is 0 Å². The van der Waals surface area contributed by atoms with Crippen LogP contribution in [0.15, 0.2) is 12.1 Å². The second-order valence-electron chi connectivity index (χ2n) is 2.23. The zero-order valence-electron chi connectivity index (χ0n) is 5.90. The standard InChI is InChI=1S/C8H6FIO/c1-5-7(9)2-6(4-11)3-8(5)10/h2-4H,1H3. The maximum absolute atomic E-state index is 12.9. The first-order valence-electron chi connectivity index (χ1n) is 3.06. The van der Waals surface area contributed by atoms with Crippen molar-refractivity contribution < 1.29 is 9.18 Å². The number of aldehydes is 1. The van der Waals surface area contributed by atoms with Gasteiger partial charge in [0.2, 0.25) is 0 Å². The van der Waals surface area contributed by atoms with Crippen LogP contribution in [0.1, 0.15) is 15.9 Å². The van der Waals surface area contributed by atoms with E-state index in [2.05, 4.69) is 0 Å². The van der Waals surface area contributed by atoms with Gasteiger partial charge in [-0.05, 0) is 47.2 Å². The molecule has 1 rings (SSSR count). The van der Waals surface area contributed by atoms with E-state index in [1.54, 1.807) is 13.0 Å². The van der Waals surface area contributed by atoms with Crippen LogP contribution in [0.25, 0.3) is 0 Å². The van der Waals surface area contributed by atoms with Gasteiger partial charge in [-0.2, -0.15) is 0 Å². The molecule has 0 unspecified atom stereocenters. The lowest BCUT2D eigenvalue weighted by Gasteiger charge is -1.99. The lowest BCUT2D eigenvalue weighted by molar-refractivity contribution is 0.112. The Morgan fingerprint density at radius 3 is 2.64 bits per heavy atom. The predicted octanol–water partition coefficient (Wildman–Crippen LogP) is 2.55. The topological polar surface area (TPSA) is 17.1 Å². The Kier molecular flexibility index (Phi) is 2.59. The van der Waals surface area contributed by atoms with Crippen molar-refractivity contribution in [3.63, 3.8) is 0 Å². The van der Waals surface area contributed by atoms with E-state index in [0.717, 1.165) is 3.57 Å². The first kappa shape index (κ1) is 8.64. The predicted molar refractivity (Wildman–Crippen MR) is 49.2 cm³/mol. The largest absolute Gasteiger partial charge is 0.298 e. The second kappa shape index (κ2) is 3.30. The van der Waals surface area contributed by atoms with Crippen LogP contribution < -0.4 is 0 Å². The summed E-state index contributed by atoms with van der Waals surface area (Å²) in [5, 5.41) is 0. The summed E-state index contributed by atoms with van der Waals surface area (Å²) in [5.74, 6) is -0.320. The third-order valence-corrected chi connectivity index (χ3v) is 2.56. The summed E-state index contributed by atoms with van der Waals surface area (Å²) in [6.07, 6.45) is 0.644. The Morgan fingerprint density at radius 1 is 1.55 bits per heavy atom. The van der Waals surface area contributed by atoms with Gasteiger partial charge >= 0.3 is 0 Å². The normalized spacial score (nSPS) is 9.73. The van der Waals surface area contributed by atoms with E-state index in [-0.39, 0.29) is 5.82 Å². The van der Waals surface area contributed by atoms with Crippen molar-refractivity contribution in [1.29, 1.82) is 0 Å². The molecule has 0 radical (unpaired) electrons. The van der Waals surface area contributed by atoms with Crippen LogP contribution in [-0.4, -0.2) is 6.29 Å². The van der Waals surface area contributed by atoms with Crippen LogP contribution in [0.3, 0.4) is 0 Å². The number of carbonyl (C=O) groups excluding carboxylic acids is 1. The van der Waals surface area contributed by atoms with Crippen molar-refractivity contribution in [1.82, 2.24) is 0 Å². The molecule has 1 aromatic carbocycles. The van der Waals surface area contributed by atoms with Gasteiger partial charge in [-0.15, -0.1) is 0 Å². The molecule has 1 nitrogen and oxygen atoms in total. The van der Waals surface area contributed by atoms with Crippen LogP contribution in [0.2, 0.25) is 0 Å². The van der Waals surface area contributed by atoms with Gasteiger partial charge in [-0.3, -0.25) is 4.79 Å². The molecule has 3 heteroatoms. The van der Waals surface area contributed by atoms with Crippen LogP contribution >= 0.6 is 22.6 Å². The number of rotatable bonds is 1. The van der Waals surface area contributed by atoms with E-state index in [0.29, 0.717) is 17.4 Å². The van der Waals surface area contributed by atoms with Gasteiger partial charge in [0.25, 0.3) is 0 Å². The van der Waals surface area contributed by atoms with Crippen molar-refractivity contribution >= 4 is 28.9 Å². The molecule has 0 aromatic heterocycles. The molecule has 0 amide bonds. The van der Waals surface area contributed by atoms with Gasteiger partial charge in [0.1, 0.15) is 12.1 Å². The van der Waals surface area contributed by atoms with Gasteiger partial charge in [-0.25, -0.2) is 4.39 Å². The molecule has 0 N–H and O–H groups in total. The average Bonchev–Trinajstić information content (AvgIpc) is 1.99.